The highest BCUT2D eigenvalue weighted by molar-refractivity contribution is 6.29. The first-order chi connectivity index (χ1) is 9.47. The van der Waals surface area contributed by atoms with Gasteiger partial charge in [-0.25, -0.2) is 0 Å². The van der Waals surface area contributed by atoms with Crippen LogP contribution >= 0.6 is 11.6 Å². The van der Waals surface area contributed by atoms with Crippen LogP contribution in [-0.4, -0.2) is 21.0 Å². The molecule has 2 aromatic rings. The minimum atomic E-state index is -0.534. The number of benzene rings is 1. The molecular formula is C12H9ClN4O3. The number of anilines is 1. The quantitative estimate of drug-likeness (QED) is 0.692. The Morgan fingerprint density at radius 2 is 2.05 bits per heavy atom. The average Bonchev–Trinajstić information content (AvgIpc) is 2.41. The Labute approximate surface area is 118 Å². The predicted molar refractivity (Wildman–Crippen MR) is 72.8 cm³/mol. The Morgan fingerprint density at radius 1 is 1.30 bits per heavy atom. The summed E-state index contributed by atoms with van der Waals surface area (Å²) in [5, 5.41) is 20.8. The molecule has 1 heterocycles. The molecule has 2 rings (SSSR count). The van der Waals surface area contributed by atoms with Gasteiger partial charge in [-0.05, 0) is 25.1 Å². The van der Waals surface area contributed by atoms with Crippen LogP contribution in [0.3, 0.4) is 0 Å². The van der Waals surface area contributed by atoms with Crippen LogP contribution in [0, 0.1) is 17.0 Å². The first-order valence-corrected chi connectivity index (χ1v) is 5.91. The number of rotatable bonds is 3. The van der Waals surface area contributed by atoms with E-state index in [2.05, 4.69) is 15.5 Å². The third-order valence-electron chi connectivity index (χ3n) is 2.54. The van der Waals surface area contributed by atoms with E-state index in [9.17, 15) is 14.9 Å². The molecular weight excluding hydrogens is 284 g/mol. The molecule has 1 aromatic carbocycles. The van der Waals surface area contributed by atoms with Crippen molar-refractivity contribution in [2.45, 2.75) is 6.92 Å². The summed E-state index contributed by atoms with van der Waals surface area (Å²) in [6.45, 7) is 1.60. The van der Waals surface area contributed by atoms with Crippen LogP contribution in [0.25, 0.3) is 0 Å². The number of carbonyl (C=O) groups excluding carboxylic acids is 1. The maximum Gasteiger partial charge on any atom is 0.273 e. The highest BCUT2D eigenvalue weighted by Gasteiger charge is 2.15. The number of nitrogens with zero attached hydrogens (tertiary/aromatic N) is 3. The minimum Gasteiger partial charge on any atom is -0.305 e. The topological polar surface area (TPSA) is 98.0 Å². The molecule has 0 spiro atoms. The third kappa shape index (κ3) is 3.07. The van der Waals surface area contributed by atoms with E-state index in [1.807, 2.05) is 0 Å². The van der Waals surface area contributed by atoms with E-state index in [1.54, 1.807) is 6.92 Å². The molecule has 0 fully saturated rings. The minimum absolute atomic E-state index is 0.111. The van der Waals surface area contributed by atoms with Gasteiger partial charge in [-0.15, -0.1) is 10.2 Å². The highest BCUT2D eigenvalue weighted by atomic mass is 35.5. The van der Waals surface area contributed by atoms with Crippen molar-refractivity contribution in [3.63, 3.8) is 0 Å². The lowest BCUT2D eigenvalue weighted by molar-refractivity contribution is -0.385. The maximum absolute atomic E-state index is 12.0. The Kier molecular flexibility index (Phi) is 3.90. The highest BCUT2D eigenvalue weighted by Crippen LogP contribution is 2.19. The summed E-state index contributed by atoms with van der Waals surface area (Å²) in [5.74, 6) is -0.299. The van der Waals surface area contributed by atoms with E-state index in [0.717, 1.165) is 0 Å². The van der Waals surface area contributed by atoms with Gasteiger partial charge in [-0.3, -0.25) is 14.9 Å². The van der Waals surface area contributed by atoms with E-state index >= 15 is 0 Å². The average molecular weight is 293 g/mol. The van der Waals surface area contributed by atoms with Gasteiger partial charge in [-0.1, -0.05) is 17.7 Å². The van der Waals surface area contributed by atoms with Crippen molar-refractivity contribution in [2.75, 3.05) is 5.32 Å². The summed E-state index contributed by atoms with van der Waals surface area (Å²) in [5.41, 5.74) is 0.539. The third-order valence-corrected chi connectivity index (χ3v) is 2.74. The van der Waals surface area contributed by atoms with Crippen LogP contribution in [0.15, 0.2) is 30.3 Å². The Balaban J connectivity index is 2.23. The largest absolute Gasteiger partial charge is 0.305 e. The fraction of sp³-hybridized carbons (Fsp3) is 0.0833. The molecule has 0 aliphatic rings. The molecule has 20 heavy (non-hydrogen) atoms. The van der Waals surface area contributed by atoms with Crippen LogP contribution < -0.4 is 5.32 Å². The van der Waals surface area contributed by atoms with Crippen LogP contribution in [-0.2, 0) is 0 Å². The zero-order chi connectivity index (χ0) is 14.7. The molecule has 0 aliphatic carbocycles. The van der Waals surface area contributed by atoms with E-state index in [0.29, 0.717) is 5.56 Å². The summed E-state index contributed by atoms with van der Waals surface area (Å²) >= 11 is 5.58. The summed E-state index contributed by atoms with van der Waals surface area (Å²) in [6, 6.07) is 7.19. The molecule has 0 saturated carbocycles. The van der Waals surface area contributed by atoms with Crippen molar-refractivity contribution >= 4 is 29.0 Å². The molecule has 0 atom stereocenters. The number of aromatic nitrogens is 2. The first kappa shape index (κ1) is 13.9. The zero-order valence-electron chi connectivity index (χ0n) is 10.3. The zero-order valence-corrected chi connectivity index (χ0v) is 11.1. The van der Waals surface area contributed by atoms with Gasteiger partial charge in [0.25, 0.3) is 11.6 Å². The van der Waals surface area contributed by atoms with Gasteiger partial charge < -0.3 is 5.32 Å². The fourth-order valence-corrected chi connectivity index (χ4v) is 1.62. The van der Waals surface area contributed by atoms with Gasteiger partial charge in [0.2, 0.25) is 0 Å². The number of halogens is 1. The van der Waals surface area contributed by atoms with E-state index < -0.39 is 10.8 Å². The molecule has 7 nitrogen and oxygen atoms in total. The monoisotopic (exact) mass is 292 g/mol. The van der Waals surface area contributed by atoms with Gasteiger partial charge in [0.05, 0.1) is 4.92 Å². The van der Waals surface area contributed by atoms with E-state index in [-0.39, 0.29) is 22.2 Å². The number of nitrogens with one attached hydrogen (secondary N) is 1. The normalized spacial score (nSPS) is 10.1. The molecule has 1 N–H and O–H groups in total. The predicted octanol–water partition coefficient (Wildman–Crippen LogP) is 2.60. The second-order valence-corrected chi connectivity index (χ2v) is 4.34. The molecule has 0 bridgehead atoms. The lowest BCUT2D eigenvalue weighted by atomic mass is 10.1. The lowest BCUT2D eigenvalue weighted by Crippen LogP contribution is -2.13. The van der Waals surface area contributed by atoms with Crippen molar-refractivity contribution in [3.05, 3.63) is 56.7 Å². The standard InChI is InChI=1S/C12H9ClN4O3/c1-7-2-3-8(6-9(7)17(19)20)12(18)14-11-5-4-10(13)15-16-11/h2-6H,1H3,(H,14,16,18). The number of nitro groups is 1. The summed E-state index contributed by atoms with van der Waals surface area (Å²) in [6.07, 6.45) is 0. The van der Waals surface area contributed by atoms with Gasteiger partial charge in [0.1, 0.15) is 0 Å². The lowest BCUT2D eigenvalue weighted by Gasteiger charge is -2.04. The number of aryl methyl sites for hydroxylation is 1. The van der Waals surface area contributed by atoms with Crippen LogP contribution in [0.2, 0.25) is 5.15 Å². The molecule has 1 aromatic heterocycles. The smallest absolute Gasteiger partial charge is 0.273 e. The summed E-state index contributed by atoms with van der Waals surface area (Å²) in [7, 11) is 0. The van der Waals surface area contributed by atoms with E-state index in [1.165, 1.54) is 30.3 Å². The van der Waals surface area contributed by atoms with E-state index in [4.69, 9.17) is 11.6 Å². The number of amides is 1. The number of hydrogen-bond donors (Lipinski definition) is 1. The maximum atomic E-state index is 12.0. The SMILES string of the molecule is Cc1ccc(C(=O)Nc2ccc(Cl)nn2)cc1[N+](=O)[O-]. The first-order valence-electron chi connectivity index (χ1n) is 5.53. The van der Waals surface area contributed by atoms with Crippen molar-refractivity contribution in [1.29, 1.82) is 0 Å². The van der Waals surface area contributed by atoms with Crippen molar-refractivity contribution in [2.24, 2.45) is 0 Å². The molecule has 0 unspecified atom stereocenters. The van der Waals surface area contributed by atoms with Gasteiger partial charge in [0.15, 0.2) is 11.0 Å². The van der Waals surface area contributed by atoms with Crippen molar-refractivity contribution < 1.29 is 9.72 Å². The Bertz CT molecular complexity index is 673. The Morgan fingerprint density at radius 3 is 2.65 bits per heavy atom. The molecule has 0 radical (unpaired) electrons. The summed E-state index contributed by atoms with van der Waals surface area (Å²) in [4.78, 5) is 22.2. The number of carbonyl (C=O) groups is 1. The van der Waals surface area contributed by atoms with Crippen molar-refractivity contribution in [1.82, 2.24) is 10.2 Å². The molecule has 8 heteroatoms. The Hall–Kier alpha value is -2.54. The second-order valence-electron chi connectivity index (χ2n) is 3.95. The van der Waals surface area contributed by atoms with Crippen molar-refractivity contribution in [3.8, 4) is 0 Å². The summed E-state index contributed by atoms with van der Waals surface area (Å²) < 4.78 is 0. The molecule has 102 valence electrons. The fourth-order valence-electron chi connectivity index (χ4n) is 1.52. The van der Waals surface area contributed by atoms with Gasteiger partial charge in [0, 0.05) is 17.2 Å². The second kappa shape index (κ2) is 5.62. The van der Waals surface area contributed by atoms with Gasteiger partial charge in [-0.2, -0.15) is 0 Å². The van der Waals surface area contributed by atoms with Crippen LogP contribution in [0.5, 0.6) is 0 Å². The van der Waals surface area contributed by atoms with Crippen LogP contribution in [0.4, 0.5) is 11.5 Å². The molecule has 1 amide bonds. The number of nitro benzene ring substituents is 1. The molecule has 0 saturated heterocycles. The van der Waals surface area contributed by atoms with Gasteiger partial charge >= 0.3 is 0 Å². The molecule has 0 aliphatic heterocycles. The van der Waals surface area contributed by atoms with Crippen LogP contribution in [0.1, 0.15) is 15.9 Å². The number of hydrogen-bond acceptors (Lipinski definition) is 5.